The average Bonchev–Trinajstić information content (AvgIpc) is 2.44. The van der Waals surface area contributed by atoms with E-state index in [0.717, 1.165) is 24.1 Å². The monoisotopic (exact) mass is 301 g/mol. The van der Waals surface area contributed by atoms with Crippen LogP contribution in [0.3, 0.4) is 0 Å². The largest absolute Gasteiger partial charge is 0.496 e. The number of fused-ring (bicyclic) bond motifs is 3. The Bertz CT molecular complexity index is 531. The molecule has 0 radical (unpaired) electrons. The van der Waals surface area contributed by atoms with Crippen molar-refractivity contribution in [3.8, 4) is 5.75 Å². The van der Waals surface area contributed by atoms with E-state index in [9.17, 15) is 0 Å². The molecule has 1 saturated heterocycles. The summed E-state index contributed by atoms with van der Waals surface area (Å²) in [4.78, 5) is 2.78. The van der Waals surface area contributed by atoms with Gasteiger partial charge >= 0.3 is 0 Å². The van der Waals surface area contributed by atoms with E-state index in [4.69, 9.17) is 4.74 Å². The molecule has 1 aromatic carbocycles. The molecule has 0 amide bonds. The molecule has 0 saturated carbocycles. The first-order chi connectivity index (χ1) is 10.4. The molecule has 0 N–H and O–H groups in total. The highest BCUT2D eigenvalue weighted by Crippen LogP contribution is 2.45. The van der Waals surface area contributed by atoms with Crippen LogP contribution in [0, 0.1) is 11.3 Å². The summed E-state index contributed by atoms with van der Waals surface area (Å²) in [6.07, 6.45) is 3.77. The van der Waals surface area contributed by atoms with Gasteiger partial charge in [-0.05, 0) is 47.8 Å². The van der Waals surface area contributed by atoms with Gasteiger partial charge in [0.05, 0.1) is 7.11 Å². The van der Waals surface area contributed by atoms with Crippen molar-refractivity contribution in [2.45, 2.75) is 58.9 Å². The summed E-state index contributed by atoms with van der Waals surface area (Å²) in [5.41, 5.74) is 3.40. The number of likely N-dealkylation sites (tertiary alicyclic amines) is 1. The molecule has 0 aromatic heterocycles. The maximum absolute atomic E-state index is 5.61. The van der Waals surface area contributed by atoms with Gasteiger partial charge in [-0.15, -0.1) is 0 Å². The Morgan fingerprint density at radius 3 is 2.73 bits per heavy atom. The number of methoxy groups -OCH3 is 1. The molecular formula is C20H31NO. The van der Waals surface area contributed by atoms with E-state index in [1.54, 1.807) is 12.7 Å². The van der Waals surface area contributed by atoms with Crippen molar-refractivity contribution >= 4 is 0 Å². The van der Waals surface area contributed by atoms with Crippen molar-refractivity contribution < 1.29 is 4.74 Å². The highest BCUT2D eigenvalue weighted by molar-refractivity contribution is 5.45. The second-order valence-electron chi connectivity index (χ2n) is 8.57. The molecule has 0 bridgehead atoms. The predicted molar refractivity (Wildman–Crippen MR) is 92.7 cm³/mol. The molecule has 1 aliphatic carbocycles. The van der Waals surface area contributed by atoms with Gasteiger partial charge in [-0.1, -0.05) is 39.8 Å². The third kappa shape index (κ3) is 3.03. The van der Waals surface area contributed by atoms with Crippen molar-refractivity contribution in [3.05, 3.63) is 29.3 Å². The minimum Gasteiger partial charge on any atom is -0.496 e. The number of nitrogens with zero attached hydrogens (tertiary/aromatic N) is 1. The molecule has 3 atom stereocenters. The van der Waals surface area contributed by atoms with Crippen molar-refractivity contribution in [2.24, 2.45) is 11.3 Å². The predicted octanol–water partition coefficient (Wildman–Crippen LogP) is 4.48. The quantitative estimate of drug-likeness (QED) is 0.798. The van der Waals surface area contributed by atoms with E-state index in [0.29, 0.717) is 11.3 Å². The molecule has 3 rings (SSSR count). The van der Waals surface area contributed by atoms with Crippen molar-refractivity contribution in [1.29, 1.82) is 0 Å². The number of rotatable bonds is 2. The summed E-state index contributed by atoms with van der Waals surface area (Å²) in [5.74, 6) is 2.56. The van der Waals surface area contributed by atoms with Crippen LogP contribution in [0.2, 0.25) is 0 Å². The summed E-state index contributed by atoms with van der Waals surface area (Å²) in [6.45, 7) is 12.0. The third-order valence-corrected chi connectivity index (χ3v) is 5.29. The Morgan fingerprint density at radius 2 is 2.05 bits per heavy atom. The number of benzene rings is 1. The maximum Gasteiger partial charge on any atom is 0.122 e. The summed E-state index contributed by atoms with van der Waals surface area (Å²) in [5, 5.41) is 0. The van der Waals surface area contributed by atoms with Crippen molar-refractivity contribution in [2.75, 3.05) is 20.2 Å². The average molecular weight is 301 g/mol. The van der Waals surface area contributed by atoms with Crippen LogP contribution < -0.4 is 4.74 Å². The van der Waals surface area contributed by atoms with Crippen molar-refractivity contribution in [1.82, 2.24) is 4.90 Å². The van der Waals surface area contributed by atoms with Gasteiger partial charge in [0.1, 0.15) is 5.75 Å². The normalized spacial score (nSPS) is 28.9. The van der Waals surface area contributed by atoms with Crippen LogP contribution in [0.15, 0.2) is 18.2 Å². The molecule has 2 aliphatic rings. The van der Waals surface area contributed by atoms with E-state index >= 15 is 0 Å². The van der Waals surface area contributed by atoms with E-state index < -0.39 is 0 Å². The van der Waals surface area contributed by atoms with Crippen LogP contribution in [0.1, 0.15) is 57.6 Å². The second-order valence-corrected chi connectivity index (χ2v) is 8.57. The van der Waals surface area contributed by atoms with E-state index in [2.05, 4.69) is 50.8 Å². The maximum atomic E-state index is 5.61. The number of hydrogen-bond acceptors (Lipinski definition) is 2. The molecule has 122 valence electrons. The van der Waals surface area contributed by atoms with Gasteiger partial charge in [0.15, 0.2) is 0 Å². The summed E-state index contributed by atoms with van der Waals surface area (Å²) in [7, 11) is 1.80. The first-order valence-corrected chi connectivity index (χ1v) is 8.79. The highest BCUT2D eigenvalue weighted by atomic mass is 16.5. The summed E-state index contributed by atoms with van der Waals surface area (Å²) in [6, 6.07) is 7.36. The van der Waals surface area contributed by atoms with E-state index in [-0.39, 0.29) is 0 Å². The third-order valence-electron chi connectivity index (χ3n) is 5.29. The highest BCUT2D eigenvalue weighted by Gasteiger charge is 2.40. The van der Waals surface area contributed by atoms with Gasteiger partial charge in [-0.3, -0.25) is 4.90 Å². The van der Waals surface area contributed by atoms with Gasteiger partial charge in [-0.2, -0.15) is 0 Å². The SMILES string of the molecule is COc1cccc2c1CCC1C2CC(C)CN1CC(C)(C)C. The Kier molecular flexibility index (Phi) is 4.24. The van der Waals surface area contributed by atoms with Gasteiger partial charge < -0.3 is 4.74 Å². The molecule has 1 aliphatic heterocycles. The molecular weight excluding hydrogens is 270 g/mol. The lowest BCUT2D eigenvalue weighted by Gasteiger charge is -2.49. The van der Waals surface area contributed by atoms with Crippen molar-refractivity contribution in [3.63, 3.8) is 0 Å². The van der Waals surface area contributed by atoms with Gasteiger partial charge in [-0.25, -0.2) is 0 Å². The van der Waals surface area contributed by atoms with Crippen LogP contribution in [0.4, 0.5) is 0 Å². The van der Waals surface area contributed by atoms with Crippen LogP contribution in [-0.2, 0) is 6.42 Å². The zero-order chi connectivity index (χ0) is 15.9. The molecule has 2 nitrogen and oxygen atoms in total. The minimum atomic E-state index is 0.371. The lowest BCUT2D eigenvalue weighted by Crippen LogP contribution is -2.51. The molecule has 1 aromatic rings. The Labute approximate surface area is 135 Å². The van der Waals surface area contributed by atoms with Crippen LogP contribution in [-0.4, -0.2) is 31.1 Å². The molecule has 1 heterocycles. The van der Waals surface area contributed by atoms with Gasteiger partial charge in [0.25, 0.3) is 0 Å². The number of ether oxygens (including phenoxy) is 1. The lowest BCUT2D eigenvalue weighted by atomic mass is 9.71. The fourth-order valence-corrected chi connectivity index (χ4v) is 4.65. The fraction of sp³-hybridized carbons (Fsp3) is 0.700. The van der Waals surface area contributed by atoms with Gasteiger partial charge in [0, 0.05) is 25.0 Å². The van der Waals surface area contributed by atoms with Crippen LogP contribution in [0.25, 0.3) is 0 Å². The molecule has 1 fully saturated rings. The Morgan fingerprint density at radius 1 is 1.27 bits per heavy atom. The topological polar surface area (TPSA) is 12.5 Å². The summed E-state index contributed by atoms with van der Waals surface area (Å²) >= 11 is 0. The first-order valence-electron chi connectivity index (χ1n) is 8.79. The minimum absolute atomic E-state index is 0.371. The fourth-order valence-electron chi connectivity index (χ4n) is 4.65. The lowest BCUT2D eigenvalue weighted by molar-refractivity contribution is 0.0513. The molecule has 2 heteroatoms. The molecule has 3 unspecified atom stereocenters. The molecule has 22 heavy (non-hydrogen) atoms. The first kappa shape index (κ1) is 15.9. The van der Waals surface area contributed by atoms with Crippen LogP contribution >= 0.6 is 0 Å². The van der Waals surface area contributed by atoms with Gasteiger partial charge in [0.2, 0.25) is 0 Å². The smallest absolute Gasteiger partial charge is 0.122 e. The standard InChI is InChI=1S/C20H31NO/c1-14-11-17-15-7-6-8-19(22-5)16(15)9-10-18(17)21(12-14)13-20(2,3)4/h6-8,14,17-18H,9-13H2,1-5H3. The summed E-state index contributed by atoms with van der Waals surface area (Å²) < 4.78 is 5.61. The number of piperidine rings is 1. The molecule has 0 spiro atoms. The van der Waals surface area contributed by atoms with E-state index in [1.165, 1.54) is 31.5 Å². The Balaban J connectivity index is 1.92. The Hall–Kier alpha value is -1.02. The zero-order valence-electron chi connectivity index (χ0n) is 14.9. The second kappa shape index (κ2) is 5.88. The van der Waals surface area contributed by atoms with Crippen LogP contribution in [0.5, 0.6) is 5.75 Å². The van der Waals surface area contributed by atoms with E-state index in [1.807, 2.05) is 0 Å². The zero-order valence-corrected chi connectivity index (χ0v) is 14.9. The number of hydrogen-bond donors (Lipinski definition) is 0.